The summed E-state index contributed by atoms with van der Waals surface area (Å²) >= 11 is 0. The Balaban J connectivity index is 1.99. The van der Waals surface area contributed by atoms with Crippen LogP contribution in [0.25, 0.3) is 10.9 Å². The van der Waals surface area contributed by atoms with Crippen molar-refractivity contribution < 1.29 is 0 Å². The van der Waals surface area contributed by atoms with E-state index in [1.165, 1.54) is 18.5 Å². The van der Waals surface area contributed by atoms with E-state index in [1.54, 1.807) is 0 Å². The van der Waals surface area contributed by atoms with Gasteiger partial charge in [0, 0.05) is 35.5 Å². The van der Waals surface area contributed by atoms with E-state index in [2.05, 4.69) is 36.9 Å². The molecule has 3 nitrogen and oxygen atoms in total. The van der Waals surface area contributed by atoms with Crippen LogP contribution in [-0.4, -0.2) is 18.1 Å². The number of pyridine rings is 1. The summed E-state index contributed by atoms with van der Waals surface area (Å²) in [6.07, 6.45) is 3.56. The lowest BCUT2D eigenvalue weighted by Crippen LogP contribution is -2.17. The lowest BCUT2D eigenvalue weighted by atomic mass is 10.1. The van der Waals surface area contributed by atoms with Crippen LogP contribution in [0.5, 0.6) is 0 Å². The number of nitrogens with zero attached hydrogens (tertiary/aromatic N) is 2. The fourth-order valence-electron chi connectivity index (χ4n) is 2.99. The van der Waals surface area contributed by atoms with Crippen LogP contribution in [0.1, 0.15) is 32.4 Å². The molecule has 0 aliphatic carbocycles. The average Bonchev–Trinajstić information content (AvgIpc) is 2.91. The Morgan fingerprint density at radius 3 is 2.65 bits per heavy atom. The van der Waals surface area contributed by atoms with Crippen LogP contribution >= 0.6 is 0 Å². The summed E-state index contributed by atoms with van der Waals surface area (Å²) in [6, 6.07) is 8.53. The molecular weight excluding hydrogens is 246 g/mol. The zero-order valence-electron chi connectivity index (χ0n) is 12.4. The Bertz CT molecular complexity index is 613. The molecule has 3 rings (SSSR count). The van der Waals surface area contributed by atoms with E-state index in [0.717, 1.165) is 41.8 Å². The van der Waals surface area contributed by atoms with Gasteiger partial charge < -0.3 is 10.6 Å². The van der Waals surface area contributed by atoms with E-state index in [-0.39, 0.29) is 0 Å². The van der Waals surface area contributed by atoms with Crippen molar-refractivity contribution in [2.45, 2.75) is 33.1 Å². The zero-order valence-corrected chi connectivity index (χ0v) is 12.4. The molecule has 0 amide bonds. The maximum Gasteiger partial charge on any atom is 0.0727 e. The first kappa shape index (κ1) is 13.2. The summed E-state index contributed by atoms with van der Waals surface area (Å²) in [4.78, 5) is 7.18. The highest BCUT2D eigenvalue weighted by molar-refractivity contribution is 5.92. The minimum absolute atomic E-state index is 0.600. The molecule has 0 saturated carbocycles. The number of benzene rings is 1. The summed E-state index contributed by atoms with van der Waals surface area (Å²) in [5, 5.41) is 1.09. The first-order chi connectivity index (χ1) is 9.63. The predicted molar refractivity (Wildman–Crippen MR) is 86.1 cm³/mol. The van der Waals surface area contributed by atoms with Crippen molar-refractivity contribution >= 4 is 22.3 Å². The summed E-state index contributed by atoms with van der Waals surface area (Å²) in [5.41, 5.74) is 10.5. The van der Waals surface area contributed by atoms with Gasteiger partial charge in [0.15, 0.2) is 0 Å². The van der Waals surface area contributed by atoms with Crippen molar-refractivity contribution in [1.82, 2.24) is 4.98 Å². The van der Waals surface area contributed by atoms with Gasteiger partial charge in [-0.05, 0) is 49.4 Å². The van der Waals surface area contributed by atoms with Gasteiger partial charge in [-0.3, -0.25) is 4.98 Å². The molecule has 20 heavy (non-hydrogen) atoms. The van der Waals surface area contributed by atoms with Gasteiger partial charge in [0.2, 0.25) is 0 Å². The first-order valence-electron chi connectivity index (χ1n) is 7.57. The number of fused-ring (bicyclic) bond motifs is 1. The zero-order chi connectivity index (χ0) is 14.1. The van der Waals surface area contributed by atoms with Gasteiger partial charge in [0.1, 0.15) is 0 Å². The minimum Gasteiger partial charge on any atom is -0.398 e. The number of hydrogen-bond acceptors (Lipinski definition) is 3. The van der Waals surface area contributed by atoms with Gasteiger partial charge in [0.05, 0.1) is 5.52 Å². The first-order valence-corrected chi connectivity index (χ1v) is 7.57. The molecule has 2 aromatic rings. The quantitative estimate of drug-likeness (QED) is 0.925. The number of nitrogen functional groups attached to an aromatic ring is 1. The predicted octanol–water partition coefficient (Wildman–Crippen LogP) is 3.62. The molecule has 1 fully saturated rings. The maximum absolute atomic E-state index is 6.24. The van der Waals surface area contributed by atoms with Gasteiger partial charge in [-0.1, -0.05) is 13.8 Å². The average molecular weight is 269 g/mol. The summed E-state index contributed by atoms with van der Waals surface area (Å²) < 4.78 is 0. The molecule has 0 bridgehead atoms. The Morgan fingerprint density at radius 2 is 1.95 bits per heavy atom. The number of aromatic nitrogens is 1. The molecule has 0 radical (unpaired) electrons. The van der Waals surface area contributed by atoms with E-state index in [1.807, 2.05) is 6.07 Å². The standard InChI is InChI=1S/C17H23N3/c1-12(2)9-13-10-16(18)15-11-14(5-6-17(15)19-13)20-7-3-4-8-20/h5-6,10-12H,3-4,7-9H2,1-2H3,(H2,18,19). The highest BCUT2D eigenvalue weighted by Crippen LogP contribution is 2.28. The van der Waals surface area contributed by atoms with Crippen molar-refractivity contribution in [3.63, 3.8) is 0 Å². The topological polar surface area (TPSA) is 42.1 Å². The van der Waals surface area contributed by atoms with Crippen LogP contribution in [0.3, 0.4) is 0 Å². The molecule has 3 heteroatoms. The minimum atomic E-state index is 0.600. The Hall–Kier alpha value is -1.77. The second kappa shape index (κ2) is 5.31. The number of hydrogen-bond donors (Lipinski definition) is 1. The number of anilines is 2. The van der Waals surface area contributed by atoms with E-state index >= 15 is 0 Å². The molecule has 1 aliphatic rings. The second-order valence-electron chi connectivity index (χ2n) is 6.20. The van der Waals surface area contributed by atoms with Crippen LogP contribution < -0.4 is 10.6 Å². The molecule has 2 N–H and O–H groups in total. The van der Waals surface area contributed by atoms with Crippen LogP contribution in [0.2, 0.25) is 0 Å². The molecule has 0 atom stereocenters. The van der Waals surface area contributed by atoms with E-state index < -0.39 is 0 Å². The van der Waals surface area contributed by atoms with Crippen molar-refractivity contribution in [1.29, 1.82) is 0 Å². The van der Waals surface area contributed by atoms with Gasteiger partial charge in [-0.2, -0.15) is 0 Å². The molecule has 106 valence electrons. The van der Waals surface area contributed by atoms with Gasteiger partial charge >= 0.3 is 0 Å². The third-order valence-corrected chi connectivity index (χ3v) is 3.97. The van der Waals surface area contributed by atoms with Crippen LogP contribution in [0, 0.1) is 5.92 Å². The summed E-state index contributed by atoms with van der Waals surface area (Å²) in [6.45, 7) is 6.73. The van der Waals surface area contributed by atoms with E-state index in [0.29, 0.717) is 5.92 Å². The van der Waals surface area contributed by atoms with Gasteiger partial charge in [0.25, 0.3) is 0 Å². The molecule has 2 heterocycles. The highest BCUT2D eigenvalue weighted by Gasteiger charge is 2.13. The van der Waals surface area contributed by atoms with Gasteiger partial charge in [-0.25, -0.2) is 0 Å². The van der Waals surface area contributed by atoms with Crippen molar-refractivity contribution in [3.05, 3.63) is 30.0 Å². The summed E-state index contributed by atoms with van der Waals surface area (Å²) in [5.74, 6) is 0.600. The van der Waals surface area contributed by atoms with Crippen molar-refractivity contribution in [3.8, 4) is 0 Å². The van der Waals surface area contributed by atoms with E-state index in [9.17, 15) is 0 Å². The Morgan fingerprint density at radius 1 is 1.20 bits per heavy atom. The lowest BCUT2D eigenvalue weighted by molar-refractivity contribution is 0.637. The highest BCUT2D eigenvalue weighted by atomic mass is 15.1. The smallest absolute Gasteiger partial charge is 0.0727 e. The molecule has 1 aromatic heterocycles. The van der Waals surface area contributed by atoms with Crippen LogP contribution in [0.15, 0.2) is 24.3 Å². The Kier molecular flexibility index (Phi) is 3.51. The maximum atomic E-state index is 6.24. The number of rotatable bonds is 3. The molecule has 1 aromatic carbocycles. The van der Waals surface area contributed by atoms with Crippen LogP contribution in [-0.2, 0) is 6.42 Å². The Labute approximate surface area is 120 Å². The van der Waals surface area contributed by atoms with Crippen molar-refractivity contribution in [2.24, 2.45) is 5.92 Å². The molecule has 0 spiro atoms. The largest absolute Gasteiger partial charge is 0.398 e. The lowest BCUT2D eigenvalue weighted by Gasteiger charge is -2.18. The monoisotopic (exact) mass is 269 g/mol. The fourth-order valence-corrected chi connectivity index (χ4v) is 2.99. The van der Waals surface area contributed by atoms with Crippen LogP contribution in [0.4, 0.5) is 11.4 Å². The summed E-state index contributed by atoms with van der Waals surface area (Å²) in [7, 11) is 0. The molecule has 1 aliphatic heterocycles. The molecule has 0 unspecified atom stereocenters. The third kappa shape index (κ3) is 2.58. The second-order valence-corrected chi connectivity index (χ2v) is 6.20. The van der Waals surface area contributed by atoms with Gasteiger partial charge in [-0.15, -0.1) is 0 Å². The van der Waals surface area contributed by atoms with E-state index in [4.69, 9.17) is 10.7 Å². The van der Waals surface area contributed by atoms with Crippen molar-refractivity contribution in [2.75, 3.05) is 23.7 Å². The number of nitrogens with two attached hydrogens (primary N) is 1. The SMILES string of the molecule is CC(C)Cc1cc(N)c2cc(N3CCCC3)ccc2n1. The normalized spacial score (nSPS) is 15.4. The molecular formula is C17H23N3. The fraction of sp³-hybridized carbons (Fsp3) is 0.471. The third-order valence-electron chi connectivity index (χ3n) is 3.97. The molecule has 1 saturated heterocycles.